The van der Waals surface area contributed by atoms with E-state index in [4.69, 9.17) is 14.2 Å². The number of aryl methyl sites for hydroxylation is 1. The Kier molecular flexibility index (Phi) is 7.04. The SMILES string of the molecule is C=CCOC(=O)c1sc(N2C(=O)C(=O)/C(=C(/O)c3ccc4c(c3)OCCO4)C2c2ccc(Br)cc2)nc1C. The first-order valence-corrected chi connectivity index (χ1v) is 13.1. The topological polar surface area (TPSA) is 115 Å². The van der Waals surface area contributed by atoms with E-state index in [2.05, 4.69) is 27.5 Å². The molecule has 1 fully saturated rings. The highest BCUT2D eigenvalue weighted by Gasteiger charge is 2.48. The Bertz CT molecular complexity index is 1500. The molecular weight excluding hydrogens is 576 g/mol. The molecule has 1 amide bonds. The number of Topliss-reactive ketones (excluding diaryl/α,β-unsaturated/α-hetero) is 1. The third-order valence-corrected chi connectivity index (χ3v) is 7.62. The van der Waals surface area contributed by atoms with Crippen LogP contribution in [0.2, 0.25) is 0 Å². The number of rotatable bonds is 6. The number of ketones is 1. The summed E-state index contributed by atoms with van der Waals surface area (Å²) < 4.78 is 17.1. The van der Waals surface area contributed by atoms with Gasteiger partial charge < -0.3 is 19.3 Å². The number of hydrogen-bond donors (Lipinski definition) is 1. The Hall–Kier alpha value is -3.96. The third-order valence-electron chi connectivity index (χ3n) is 5.95. The monoisotopic (exact) mass is 596 g/mol. The standard InChI is InChI=1S/C27H21BrN2O7S/c1-3-10-37-26(34)24-14(2)29-27(38-24)30-21(15-4-7-17(28)8-5-15)20(23(32)25(30)33)22(31)16-6-9-18-19(13-16)36-12-11-35-18/h3-9,13,21,31H,1,10-12H2,2H3/b22-20+. The van der Waals surface area contributed by atoms with Gasteiger partial charge in [-0.05, 0) is 42.8 Å². The molecule has 1 saturated heterocycles. The van der Waals surface area contributed by atoms with E-state index < -0.39 is 23.7 Å². The fourth-order valence-corrected chi connectivity index (χ4v) is 5.46. The average Bonchev–Trinajstić information content (AvgIpc) is 3.43. The molecule has 0 saturated carbocycles. The smallest absolute Gasteiger partial charge is 0.350 e. The fraction of sp³-hybridized carbons (Fsp3) is 0.185. The Morgan fingerprint density at radius 3 is 2.63 bits per heavy atom. The summed E-state index contributed by atoms with van der Waals surface area (Å²) in [7, 11) is 0. The number of carbonyl (C=O) groups excluding carboxylic acids is 3. The number of halogens is 1. The summed E-state index contributed by atoms with van der Waals surface area (Å²) >= 11 is 4.33. The van der Waals surface area contributed by atoms with Crippen molar-refractivity contribution in [1.82, 2.24) is 4.98 Å². The Balaban J connectivity index is 1.64. The van der Waals surface area contributed by atoms with Crippen LogP contribution in [0.3, 0.4) is 0 Å². The Morgan fingerprint density at radius 2 is 1.92 bits per heavy atom. The molecule has 1 atom stereocenters. The van der Waals surface area contributed by atoms with Crippen LogP contribution in [0.15, 0.2) is 65.2 Å². The molecule has 2 aliphatic heterocycles. The van der Waals surface area contributed by atoms with Crippen LogP contribution >= 0.6 is 27.3 Å². The van der Waals surface area contributed by atoms with Crippen LogP contribution in [0.5, 0.6) is 11.5 Å². The summed E-state index contributed by atoms with van der Waals surface area (Å²) in [5.41, 5.74) is 1.09. The van der Waals surface area contributed by atoms with Crippen molar-refractivity contribution in [2.45, 2.75) is 13.0 Å². The van der Waals surface area contributed by atoms with Crippen LogP contribution in [0.4, 0.5) is 5.13 Å². The van der Waals surface area contributed by atoms with Crippen LogP contribution in [0.1, 0.15) is 32.5 Å². The van der Waals surface area contributed by atoms with Crippen LogP contribution in [0, 0.1) is 6.92 Å². The fourth-order valence-electron chi connectivity index (χ4n) is 4.21. The molecule has 194 valence electrons. The second-order valence-electron chi connectivity index (χ2n) is 8.38. The number of carbonyl (C=O) groups is 3. The molecule has 1 unspecified atom stereocenters. The Morgan fingerprint density at radius 1 is 1.21 bits per heavy atom. The third kappa shape index (κ3) is 4.59. The van der Waals surface area contributed by atoms with Crippen LogP contribution in [-0.4, -0.2) is 47.6 Å². The summed E-state index contributed by atoms with van der Waals surface area (Å²) in [4.78, 5) is 45.2. The highest BCUT2D eigenvalue weighted by Crippen LogP contribution is 2.45. The average molecular weight is 597 g/mol. The summed E-state index contributed by atoms with van der Waals surface area (Å²) in [6.45, 7) is 5.92. The van der Waals surface area contributed by atoms with Crippen molar-refractivity contribution in [3.63, 3.8) is 0 Å². The predicted octanol–water partition coefficient (Wildman–Crippen LogP) is 4.95. The lowest BCUT2D eigenvalue weighted by Crippen LogP contribution is -2.29. The number of esters is 1. The van der Waals surface area contributed by atoms with Crippen molar-refractivity contribution < 1.29 is 33.7 Å². The van der Waals surface area contributed by atoms with Crippen molar-refractivity contribution in [3.05, 3.63) is 86.9 Å². The summed E-state index contributed by atoms with van der Waals surface area (Å²) in [5.74, 6) is -1.79. The van der Waals surface area contributed by atoms with Gasteiger partial charge in [0.2, 0.25) is 0 Å². The van der Waals surface area contributed by atoms with Gasteiger partial charge in [0.1, 0.15) is 30.5 Å². The highest BCUT2D eigenvalue weighted by atomic mass is 79.9. The number of aliphatic hydroxyl groups is 1. The second kappa shape index (κ2) is 10.4. The molecule has 38 heavy (non-hydrogen) atoms. The zero-order valence-corrected chi connectivity index (χ0v) is 22.5. The number of anilines is 1. The molecule has 2 aliphatic rings. The van der Waals surface area contributed by atoms with Crippen LogP contribution in [0.25, 0.3) is 5.76 Å². The maximum atomic E-state index is 13.4. The number of ether oxygens (including phenoxy) is 3. The zero-order valence-electron chi connectivity index (χ0n) is 20.1. The highest BCUT2D eigenvalue weighted by molar-refractivity contribution is 9.10. The first-order chi connectivity index (χ1) is 18.3. The van der Waals surface area contributed by atoms with E-state index in [-0.39, 0.29) is 27.9 Å². The van der Waals surface area contributed by atoms with Gasteiger partial charge in [-0.2, -0.15) is 0 Å². The molecule has 5 rings (SSSR count). The van der Waals surface area contributed by atoms with E-state index >= 15 is 0 Å². The van der Waals surface area contributed by atoms with E-state index in [0.717, 1.165) is 15.8 Å². The Labute approximate surface area is 230 Å². The molecule has 2 aromatic carbocycles. The number of benzene rings is 2. The number of aliphatic hydroxyl groups excluding tert-OH is 1. The molecule has 1 aromatic heterocycles. The largest absolute Gasteiger partial charge is 0.507 e. The molecule has 0 radical (unpaired) electrons. The van der Waals surface area contributed by atoms with Gasteiger partial charge in [0.25, 0.3) is 5.78 Å². The maximum absolute atomic E-state index is 13.4. The van der Waals surface area contributed by atoms with Crippen LogP contribution < -0.4 is 14.4 Å². The van der Waals surface area contributed by atoms with Crippen molar-refractivity contribution in [1.29, 1.82) is 0 Å². The van der Waals surface area contributed by atoms with Crippen molar-refractivity contribution >= 4 is 55.8 Å². The molecule has 9 nitrogen and oxygen atoms in total. The van der Waals surface area contributed by atoms with E-state index in [1.807, 2.05) is 0 Å². The number of hydrogen-bond acceptors (Lipinski definition) is 9. The van der Waals surface area contributed by atoms with Gasteiger partial charge in [0.05, 0.1) is 17.3 Å². The molecule has 3 aromatic rings. The van der Waals surface area contributed by atoms with Gasteiger partial charge in [-0.15, -0.1) is 0 Å². The molecular formula is C27H21BrN2O7S. The molecule has 0 spiro atoms. The number of thiazole rings is 1. The minimum Gasteiger partial charge on any atom is -0.507 e. The van der Waals surface area contributed by atoms with Crippen LogP contribution in [-0.2, 0) is 14.3 Å². The maximum Gasteiger partial charge on any atom is 0.350 e. The van der Waals surface area contributed by atoms with Crippen molar-refractivity contribution in [2.75, 3.05) is 24.7 Å². The van der Waals surface area contributed by atoms with Gasteiger partial charge in [0, 0.05) is 10.0 Å². The summed E-state index contributed by atoms with van der Waals surface area (Å²) in [6, 6.07) is 10.8. The molecule has 1 N–H and O–H groups in total. The number of nitrogens with zero attached hydrogens (tertiary/aromatic N) is 2. The van der Waals surface area contributed by atoms with Gasteiger partial charge in [-0.3, -0.25) is 14.5 Å². The quantitative estimate of drug-likeness (QED) is 0.140. The van der Waals surface area contributed by atoms with E-state index in [1.54, 1.807) is 49.4 Å². The number of aromatic nitrogens is 1. The lowest BCUT2D eigenvalue weighted by atomic mass is 9.95. The van der Waals surface area contributed by atoms with Gasteiger partial charge in [0.15, 0.2) is 16.6 Å². The van der Waals surface area contributed by atoms with E-state index in [1.165, 1.54) is 11.0 Å². The molecule has 3 heterocycles. The van der Waals surface area contributed by atoms with E-state index in [0.29, 0.717) is 41.5 Å². The minimum absolute atomic E-state index is 0.0183. The second-order valence-corrected chi connectivity index (χ2v) is 10.3. The van der Waals surface area contributed by atoms with Crippen molar-refractivity contribution in [2.24, 2.45) is 0 Å². The van der Waals surface area contributed by atoms with Crippen molar-refractivity contribution in [3.8, 4) is 11.5 Å². The summed E-state index contributed by atoms with van der Waals surface area (Å²) in [5, 5.41) is 11.5. The molecule has 0 aliphatic carbocycles. The lowest BCUT2D eigenvalue weighted by Gasteiger charge is -2.23. The lowest BCUT2D eigenvalue weighted by molar-refractivity contribution is -0.132. The normalized spacial score (nSPS) is 17.9. The zero-order chi connectivity index (χ0) is 27.0. The minimum atomic E-state index is -1.00. The number of fused-ring (bicyclic) bond motifs is 1. The first-order valence-electron chi connectivity index (χ1n) is 11.5. The predicted molar refractivity (Wildman–Crippen MR) is 144 cm³/mol. The van der Waals surface area contributed by atoms with Gasteiger partial charge in [-0.25, -0.2) is 9.78 Å². The van der Waals surface area contributed by atoms with Gasteiger partial charge in [-0.1, -0.05) is 52.1 Å². The first kappa shape index (κ1) is 25.7. The summed E-state index contributed by atoms with van der Waals surface area (Å²) in [6.07, 6.45) is 1.44. The van der Waals surface area contributed by atoms with E-state index in [9.17, 15) is 19.5 Å². The van der Waals surface area contributed by atoms with Gasteiger partial charge >= 0.3 is 11.9 Å². The molecule has 0 bridgehead atoms. The number of amides is 1. The molecule has 11 heteroatoms.